The lowest BCUT2D eigenvalue weighted by Gasteiger charge is -2.10. The van der Waals surface area contributed by atoms with Crippen molar-refractivity contribution in [3.63, 3.8) is 0 Å². The van der Waals surface area contributed by atoms with Crippen molar-refractivity contribution in [2.75, 3.05) is 0 Å². The van der Waals surface area contributed by atoms with Gasteiger partial charge in [-0.3, -0.25) is 0 Å². The molecule has 0 saturated heterocycles. The maximum atomic E-state index is 12.3. The summed E-state index contributed by atoms with van der Waals surface area (Å²) in [5, 5.41) is 4.63. The molecule has 0 fully saturated rings. The molecule has 0 aromatic heterocycles. The Morgan fingerprint density at radius 1 is 1.06 bits per heavy atom. The molecule has 0 radical (unpaired) electrons. The summed E-state index contributed by atoms with van der Waals surface area (Å²) in [4.78, 5) is -0.910. The van der Waals surface area contributed by atoms with E-state index in [1.54, 1.807) is 0 Å². The molecule has 0 bridgehead atoms. The molecule has 0 aliphatic rings. The van der Waals surface area contributed by atoms with Crippen LogP contribution < -0.4 is 5.14 Å². The van der Waals surface area contributed by atoms with Crippen molar-refractivity contribution < 1.29 is 21.6 Å². The third-order valence-corrected chi connectivity index (χ3v) is 2.47. The zero-order valence-corrected chi connectivity index (χ0v) is 10.0. The Labute approximate surface area is 103 Å². The van der Waals surface area contributed by atoms with Gasteiger partial charge in [0.05, 0.1) is 10.5 Å². The van der Waals surface area contributed by atoms with Crippen LogP contribution in [0.4, 0.5) is 13.2 Å². The van der Waals surface area contributed by atoms with E-state index in [0.717, 1.165) is 12.1 Å². The number of nitrogens with two attached hydrogens (primary N) is 1. The van der Waals surface area contributed by atoms with Gasteiger partial charge in [0, 0.05) is 0 Å². The first-order valence-electron chi connectivity index (χ1n) is 3.42. The number of rotatable bonds is 1. The van der Waals surface area contributed by atoms with Crippen molar-refractivity contribution in [2.24, 2.45) is 5.14 Å². The summed E-state index contributed by atoms with van der Waals surface area (Å²) in [5.41, 5.74) is -1.25. The average molecular weight is 298 g/mol. The molecule has 1 aromatic carbocycles. The summed E-state index contributed by atoms with van der Waals surface area (Å²) >= 11 is 0. The SMILES string of the molecule is Cl.Cl.NS(=O)(=O)c1ccccc1C(F)(F)F. The minimum Gasteiger partial charge on any atom is -0.225 e. The number of primary sulfonamides is 1. The van der Waals surface area contributed by atoms with E-state index in [4.69, 9.17) is 0 Å². The van der Waals surface area contributed by atoms with Gasteiger partial charge in [0.2, 0.25) is 10.0 Å². The van der Waals surface area contributed by atoms with Gasteiger partial charge in [-0.05, 0) is 12.1 Å². The molecule has 0 heterocycles. The summed E-state index contributed by atoms with van der Waals surface area (Å²) in [7, 11) is -4.34. The third kappa shape index (κ3) is 4.17. The number of hydrogen-bond donors (Lipinski definition) is 1. The normalized spacial score (nSPS) is 11.2. The van der Waals surface area contributed by atoms with Gasteiger partial charge in [0.1, 0.15) is 0 Å². The van der Waals surface area contributed by atoms with Crippen LogP contribution in [0.5, 0.6) is 0 Å². The summed E-state index contributed by atoms with van der Waals surface area (Å²) in [6.07, 6.45) is -4.72. The molecular weight excluding hydrogens is 290 g/mol. The summed E-state index contributed by atoms with van der Waals surface area (Å²) in [5.74, 6) is 0. The molecule has 1 rings (SSSR count). The molecule has 2 N–H and O–H groups in total. The molecule has 0 saturated carbocycles. The zero-order valence-electron chi connectivity index (χ0n) is 7.56. The Morgan fingerprint density at radius 2 is 1.50 bits per heavy atom. The van der Waals surface area contributed by atoms with E-state index in [0.29, 0.717) is 6.07 Å². The smallest absolute Gasteiger partial charge is 0.225 e. The molecule has 0 unspecified atom stereocenters. The van der Waals surface area contributed by atoms with Gasteiger partial charge in [0.25, 0.3) is 0 Å². The second-order valence-corrected chi connectivity index (χ2v) is 4.07. The fourth-order valence-corrected chi connectivity index (χ4v) is 1.71. The fourth-order valence-electron chi connectivity index (χ4n) is 0.949. The second-order valence-electron chi connectivity index (χ2n) is 2.54. The topological polar surface area (TPSA) is 60.2 Å². The molecule has 16 heavy (non-hydrogen) atoms. The predicted octanol–water partition coefficient (Wildman–Crippen LogP) is 2.20. The van der Waals surface area contributed by atoms with Crippen LogP contribution in [-0.4, -0.2) is 8.42 Å². The molecule has 0 aliphatic heterocycles. The highest BCUT2D eigenvalue weighted by Gasteiger charge is 2.35. The van der Waals surface area contributed by atoms with Crippen LogP contribution in [-0.2, 0) is 16.2 Å². The van der Waals surface area contributed by atoms with E-state index < -0.39 is 26.7 Å². The quantitative estimate of drug-likeness (QED) is 0.864. The maximum Gasteiger partial charge on any atom is 0.417 e. The fraction of sp³-hybridized carbons (Fsp3) is 0.143. The number of hydrogen-bond acceptors (Lipinski definition) is 2. The molecule has 3 nitrogen and oxygen atoms in total. The van der Waals surface area contributed by atoms with Crippen LogP contribution in [0.3, 0.4) is 0 Å². The number of benzene rings is 1. The van der Waals surface area contributed by atoms with Crippen molar-refractivity contribution >= 4 is 34.8 Å². The van der Waals surface area contributed by atoms with Gasteiger partial charge in [-0.25, -0.2) is 13.6 Å². The van der Waals surface area contributed by atoms with E-state index in [1.165, 1.54) is 6.07 Å². The minimum absolute atomic E-state index is 0. The van der Waals surface area contributed by atoms with Gasteiger partial charge in [-0.2, -0.15) is 13.2 Å². The molecule has 0 spiro atoms. The van der Waals surface area contributed by atoms with Gasteiger partial charge in [-0.15, -0.1) is 24.8 Å². The lowest BCUT2D eigenvalue weighted by molar-refractivity contribution is -0.139. The Hall–Kier alpha value is -0.500. The number of halogens is 5. The van der Waals surface area contributed by atoms with Crippen molar-refractivity contribution in [3.05, 3.63) is 29.8 Å². The highest BCUT2D eigenvalue weighted by molar-refractivity contribution is 7.89. The Kier molecular flexibility index (Phi) is 6.39. The van der Waals surface area contributed by atoms with E-state index >= 15 is 0 Å². The van der Waals surface area contributed by atoms with Gasteiger partial charge in [-0.1, -0.05) is 12.1 Å². The van der Waals surface area contributed by atoms with Crippen LogP contribution in [0.25, 0.3) is 0 Å². The first-order chi connectivity index (χ1) is 6.23. The molecule has 9 heteroatoms. The van der Waals surface area contributed by atoms with Crippen LogP contribution in [0.1, 0.15) is 5.56 Å². The summed E-state index contributed by atoms with van der Waals surface area (Å²) < 4.78 is 58.3. The van der Waals surface area contributed by atoms with Gasteiger partial charge < -0.3 is 0 Å². The van der Waals surface area contributed by atoms with Crippen LogP contribution >= 0.6 is 24.8 Å². The molecule has 0 aliphatic carbocycles. The maximum absolute atomic E-state index is 12.3. The zero-order chi connectivity index (χ0) is 11.0. The van der Waals surface area contributed by atoms with Crippen molar-refractivity contribution in [1.82, 2.24) is 0 Å². The monoisotopic (exact) mass is 297 g/mol. The summed E-state index contributed by atoms with van der Waals surface area (Å²) in [6.45, 7) is 0. The number of sulfonamides is 1. The lowest BCUT2D eigenvalue weighted by atomic mass is 10.2. The second kappa shape index (κ2) is 5.72. The van der Waals surface area contributed by atoms with E-state index in [2.05, 4.69) is 5.14 Å². The Morgan fingerprint density at radius 3 is 1.81 bits per heavy atom. The first kappa shape index (κ1) is 17.9. The van der Waals surface area contributed by atoms with E-state index in [1.807, 2.05) is 0 Å². The molecule has 94 valence electrons. The standard InChI is InChI=1S/C7H6F3NO2S.2ClH/c8-7(9,10)5-3-1-2-4-6(5)14(11,12)13;;/h1-4H,(H2,11,12,13);2*1H. The van der Waals surface area contributed by atoms with Gasteiger partial charge >= 0.3 is 6.18 Å². The van der Waals surface area contributed by atoms with E-state index in [9.17, 15) is 21.6 Å². The molecule has 0 amide bonds. The third-order valence-electron chi connectivity index (χ3n) is 1.50. The highest BCUT2D eigenvalue weighted by atomic mass is 35.5. The molecule has 1 aromatic rings. The number of alkyl halides is 3. The largest absolute Gasteiger partial charge is 0.417 e. The van der Waals surface area contributed by atoms with Crippen molar-refractivity contribution in [2.45, 2.75) is 11.1 Å². The van der Waals surface area contributed by atoms with Crippen LogP contribution in [0.15, 0.2) is 29.2 Å². The van der Waals surface area contributed by atoms with Gasteiger partial charge in [0.15, 0.2) is 0 Å². The molecular formula is C7H8Cl2F3NO2S. The Bertz CT molecular complexity index is 447. The van der Waals surface area contributed by atoms with Crippen LogP contribution in [0, 0.1) is 0 Å². The molecule has 0 atom stereocenters. The van der Waals surface area contributed by atoms with E-state index in [-0.39, 0.29) is 24.8 Å². The lowest BCUT2D eigenvalue weighted by Crippen LogP contribution is -2.18. The van der Waals surface area contributed by atoms with Crippen molar-refractivity contribution in [1.29, 1.82) is 0 Å². The highest BCUT2D eigenvalue weighted by Crippen LogP contribution is 2.33. The predicted molar refractivity (Wildman–Crippen MR) is 57.3 cm³/mol. The first-order valence-corrected chi connectivity index (χ1v) is 4.96. The van der Waals surface area contributed by atoms with Crippen LogP contribution in [0.2, 0.25) is 0 Å². The summed E-state index contributed by atoms with van der Waals surface area (Å²) in [6, 6.07) is 3.75. The average Bonchev–Trinajstić information content (AvgIpc) is 2.01. The Balaban J connectivity index is 0. The minimum atomic E-state index is -4.72. The van der Waals surface area contributed by atoms with Crippen molar-refractivity contribution in [3.8, 4) is 0 Å².